The van der Waals surface area contributed by atoms with E-state index in [9.17, 15) is 0 Å². The van der Waals surface area contributed by atoms with E-state index < -0.39 is 0 Å². The monoisotopic (exact) mass is 417 g/mol. The Morgan fingerprint density at radius 3 is 2.55 bits per heavy atom. The van der Waals surface area contributed by atoms with Gasteiger partial charge in [0.2, 0.25) is 0 Å². The summed E-state index contributed by atoms with van der Waals surface area (Å²) in [6.45, 7) is 7.79. The summed E-state index contributed by atoms with van der Waals surface area (Å²) in [6, 6.07) is 25.3. The van der Waals surface area contributed by atoms with Gasteiger partial charge in [0.15, 0.2) is 0 Å². The van der Waals surface area contributed by atoms with Gasteiger partial charge in [-0.15, -0.1) is 6.58 Å². The van der Waals surface area contributed by atoms with Gasteiger partial charge in [-0.2, -0.15) is 5.06 Å². The maximum Gasteiger partial charge on any atom is 0.0864 e. The minimum atomic E-state index is 0.144. The van der Waals surface area contributed by atoms with Crippen LogP contribution in [0.25, 0.3) is 10.8 Å². The van der Waals surface area contributed by atoms with Gasteiger partial charge >= 0.3 is 0 Å². The van der Waals surface area contributed by atoms with Crippen LogP contribution in [0.2, 0.25) is 0 Å². The van der Waals surface area contributed by atoms with Crippen molar-refractivity contribution in [3.8, 4) is 0 Å². The van der Waals surface area contributed by atoms with Gasteiger partial charge in [0, 0.05) is 19.0 Å². The summed E-state index contributed by atoms with van der Waals surface area (Å²) in [4.78, 5) is 5.79. The molecule has 0 saturated carbocycles. The molecule has 0 bridgehead atoms. The molecule has 2 atom stereocenters. The van der Waals surface area contributed by atoms with Crippen molar-refractivity contribution in [1.82, 2.24) is 5.06 Å². The summed E-state index contributed by atoms with van der Waals surface area (Å²) in [7, 11) is 0. The standard InChI is InChI=1S/C27H31NO3/c1-2-16-31-28-15-14-27(26(18-28)21-29-19-22-8-4-3-5-9-22)30-20-23-12-13-24-10-6-7-11-25(24)17-23/h2-13,17,26-27H,1,14-16,18-21H2/t26-,27-/m1/s1. The lowest BCUT2D eigenvalue weighted by Gasteiger charge is -2.37. The van der Waals surface area contributed by atoms with Crippen LogP contribution < -0.4 is 0 Å². The molecule has 0 N–H and O–H groups in total. The molecule has 162 valence electrons. The van der Waals surface area contributed by atoms with Crippen molar-refractivity contribution in [2.45, 2.75) is 25.7 Å². The van der Waals surface area contributed by atoms with Gasteiger partial charge in [-0.1, -0.05) is 72.8 Å². The van der Waals surface area contributed by atoms with E-state index in [0.29, 0.717) is 26.4 Å². The van der Waals surface area contributed by atoms with Crippen LogP contribution in [0.15, 0.2) is 85.5 Å². The Hall–Kier alpha value is -2.50. The summed E-state index contributed by atoms with van der Waals surface area (Å²) < 4.78 is 12.5. The second-order valence-electron chi connectivity index (χ2n) is 8.05. The SMILES string of the molecule is C=CCON1CC[C@@H](OCc2ccc3ccccc3c2)[C@@H](COCc2ccccc2)C1. The van der Waals surface area contributed by atoms with Crippen molar-refractivity contribution in [3.05, 3.63) is 96.6 Å². The molecular formula is C27H31NO3. The molecule has 4 heteroatoms. The molecule has 0 aromatic heterocycles. The normalized spacial score (nSPS) is 19.5. The fourth-order valence-corrected chi connectivity index (χ4v) is 4.07. The molecule has 1 fully saturated rings. The van der Waals surface area contributed by atoms with Gasteiger partial charge in [-0.3, -0.25) is 4.84 Å². The lowest BCUT2D eigenvalue weighted by Crippen LogP contribution is -2.46. The van der Waals surface area contributed by atoms with Crippen LogP contribution in [0, 0.1) is 5.92 Å². The highest BCUT2D eigenvalue weighted by Gasteiger charge is 2.30. The maximum atomic E-state index is 6.40. The highest BCUT2D eigenvalue weighted by atomic mass is 16.7. The van der Waals surface area contributed by atoms with Crippen molar-refractivity contribution in [1.29, 1.82) is 0 Å². The van der Waals surface area contributed by atoms with Gasteiger partial charge in [0.05, 0.1) is 32.5 Å². The Kier molecular flexibility index (Phi) is 7.86. The van der Waals surface area contributed by atoms with E-state index in [1.165, 1.54) is 21.9 Å². The van der Waals surface area contributed by atoms with Crippen molar-refractivity contribution >= 4 is 10.8 Å². The molecule has 4 rings (SSSR count). The molecule has 0 amide bonds. The lowest BCUT2D eigenvalue weighted by molar-refractivity contribution is -0.198. The number of ether oxygens (including phenoxy) is 2. The molecule has 0 radical (unpaired) electrons. The molecule has 3 aromatic rings. The molecule has 1 saturated heterocycles. The van der Waals surface area contributed by atoms with Crippen molar-refractivity contribution in [2.75, 3.05) is 26.3 Å². The van der Waals surface area contributed by atoms with Crippen LogP contribution in [-0.2, 0) is 27.5 Å². The smallest absolute Gasteiger partial charge is 0.0864 e. The number of hydrogen-bond acceptors (Lipinski definition) is 4. The van der Waals surface area contributed by atoms with Crippen LogP contribution in [0.4, 0.5) is 0 Å². The minimum Gasteiger partial charge on any atom is -0.376 e. The molecular weight excluding hydrogens is 386 g/mol. The first kappa shape index (κ1) is 21.7. The Morgan fingerprint density at radius 1 is 0.903 bits per heavy atom. The minimum absolute atomic E-state index is 0.144. The zero-order chi connectivity index (χ0) is 21.3. The van der Waals surface area contributed by atoms with Crippen LogP contribution in [0.3, 0.4) is 0 Å². The summed E-state index contributed by atoms with van der Waals surface area (Å²) in [5.41, 5.74) is 2.39. The third-order valence-electron chi connectivity index (χ3n) is 5.72. The van der Waals surface area contributed by atoms with Gasteiger partial charge in [0.1, 0.15) is 0 Å². The molecule has 1 aliphatic rings. The zero-order valence-electron chi connectivity index (χ0n) is 18.0. The third kappa shape index (κ3) is 6.25. The lowest BCUT2D eigenvalue weighted by atomic mass is 9.96. The number of piperidine rings is 1. The highest BCUT2D eigenvalue weighted by Crippen LogP contribution is 2.24. The van der Waals surface area contributed by atoms with Crippen molar-refractivity contribution in [2.24, 2.45) is 5.92 Å². The second kappa shape index (κ2) is 11.2. The first-order chi connectivity index (χ1) is 15.3. The topological polar surface area (TPSA) is 30.9 Å². The molecule has 1 heterocycles. The number of fused-ring (bicyclic) bond motifs is 1. The molecule has 31 heavy (non-hydrogen) atoms. The van der Waals surface area contributed by atoms with E-state index in [1.807, 2.05) is 23.3 Å². The van der Waals surface area contributed by atoms with Gasteiger partial charge < -0.3 is 9.47 Å². The van der Waals surface area contributed by atoms with Crippen molar-refractivity contribution in [3.63, 3.8) is 0 Å². The average molecular weight is 418 g/mol. The van der Waals surface area contributed by atoms with Crippen LogP contribution in [0.1, 0.15) is 17.5 Å². The van der Waals surface area contributed by atoms with Crippen LogP contribution in [-0.4, -0.2) is 37.5 Å². The van der Waals surface area contributed by atoms with Crippen LogP contribution >= 0.6 is 0 Å². The average Bonchev–Trinajstić information content (AvgIpc) is 2.82. The molecule has 0 spiro atoms. The summed E-state index contributed by atoms with van der Waals surface area (Å²) in [5.74, 6) is 0.253. The van der Waals surface area contributed by atoms with E-state index in [-0.39, 0.29) is 12.0 Å². The largest absolute Gasteiger partial charge is 0.376 e. The van der Waals surface area contributed by atoms with Crippen molar-refractivity contribution < 1.29 is 14.3 Å². The van der Waals surface area contributed by atoms with E-state index in [4.69, 9.17) is 14.3 Å². The van der Waals surface area contributed by atoms with Crippen LogP contribution in [0.5, 0.6) is 0 Å². The Labute approximate surface area is 185 Å². The number of rotatable bonds is 10. The first-order valence-electron chi connectivity index (χ1n) is 11.0. The maximum absolute atomic E-state index is 6.40. The Bertz CT molecular complexity index is 959. The first-order valence-corrected chi connectivity index (χ1v) is 11.0. The van der Waals surface area contributed by atoms with E-state index in [1.54, 1.807) is 6.08 Å². The molecule has 3 aromatic carbocycles. The van der Waals surface area contributed by atoms with E-state index in [2.05, 4.69) is 61.2 Å². The molecule has 0 unspecified atom stereocenters. The Morgan fingerprint density at radius 2 is 1.71 bits per heavy atom. The Balaban J connectivity index is 1.36. The highest BCUT2D eigenvalue weighted by molar-refractivity contribution is 5.82. The van der Waals surface area contributed by atoms with Gasteiger partial charge in [0.25, 0.3) is 0 Å². The number of benzene rings is 3. The summed E-state index contributed by atoms with van der Waals surface area (Å²) in [5, 5.41) is 4.53. The molecule has 0 aliphatic carbocycles. The fraction of sp³-hybridized carbons (Fsp3) is 0.333. The quantitative estimate of drug-likeness (QED) is 0.414. The van der Waals surface area contributed by atoms with Gasteiger partial charge in [-0.25, -0.2) is 0 Å². The number of hydrogen-bond donors (Lipinski definition) is 0. The summed E-state index contributed by atoms with van der Waals surface area (Å²) >= 11 is 0. The van der Waals surface area contributed by atoms with Gasteiger partial charge in [-0.05, 0) is 34.4 Å². The van der Waals surface area contributed by atoms with E-state index >= 15 is 0 Å². The predicted octanol–water partition coefficient (Wildman–Crippen LogP) is 5.38. The molecule has 1 aliphatic heterocycles. The molecule has 4 nitrogen and oxygen atoms in total. The number of hydroxylamine groups is 2. The zero-order valence-corrected chi connectivity index (χ0v) is 18.0. The number of nitrogens with zero attached hydrogens (tertiary/aromatic N) is 1. The van der Waals surface area contributed by atoms with E-state index in [0.717, 1.165) is 19.5 Å². The third-order valence-corrected chi connectivity index (χ3v) is 5.72. The predicted molar refractivity (Wildman–Crippen MR) is 124 cm³/mol. The fourth-order valence-electron chi connectivity index (χ4n) is 4.07. The summed E-state index contributed by atoms with van der Waals surface area (Å²) in [6.07, 6.45) is 2.85. The second-order valence-corrected chi connectivity index (χ2v) is 8.05.